The maximum Gasteiger partial charge on any atom is 0.416 e. The van der Waals surface area contributed by atoms with E-state index in [1.807, 2.05) is 30.3 Å². The standard InChI is InChI=1S/C19H20F3N3O2S/c20-19(21,22)15-10-16(25-6-8-27-9-7-25)24-18(11-15)28-13-17(26)23-12-14-4-2-1-3-5-14/h1-5,10-11H,6-9,12-13H2,(H,23,26). The summed E-state index contributed by atoms with van der Waals surface area (Å²) in [5, 5.41) is 2.93. The summed E-state index contributed by atoms with van der Waals surface area (Å²) in [5.74, 6) is -0.0183. The van der Waals surface area contributed by atoms with E-state index in [1.165, 1.54) is 0 Å². The van der Waals surface area contributed by atoms with Gasteiger partial charge in [-0.3, -0.25) is 4.79 Å². The average Bonchev–Trinajstić information content (AvgIpc) is 2.71. The SMILES string of the molecule is O=C(CSc1cc(C(F)(F)F)cc(N2CCOCC2)n1)NCc1ccccc1. The smallest absolute Gasteiger partial charge is 0.378 e. The Labute approximate surface area is 165 Å². The van der Waals surface area contributed by atoms with Crippen LogP contribution in [0.4, 0.5) is 19.0 Å². The highest BCUT2D eigenvalue weighted by Crippen LogP contribution is 2.34. The normalized spacial score (nSPS) is 14.8. The Bertz CT molecular complexity index is 797. The van der Waals surface area contributed by atoms with Gasteiger partial charge in [-0.1, -0.05) is 42.1 Å². The molecule has 0 aliphatic carbocycles. The zero-order valence-corrected chi connectivity index (χ0v) is 15.9. The molecule has 9 heteroatoms. The number of nitrogens with one attached hydrogen (secondary N) is 1. The van der Waals surface area contributed by atoms with Crippen molar-refractivity contribution >= 4 is 23.5 Å². The Kier molecular flexibility index (Phi) is 6.79. The largest absolute Gasteiger partial charge is 0.416 e. The van der Waals surface area contributed by atoms with Crippen molar-refractivity contribution in [2.24, 2.45) is 0 Å². The Balaban J connectivity index is 1.65. The van der Waals surface area contributed by atoms with Gasteiger partial charge in [-0.2, -0.15) is 13.2 Å². The van der Waals surface area contributed by atoms with E-state index in [9.17, 15) is 18.0 Å². The number of carbonyl (C=O) groups is 1. The van der Waals surface area contributed by atoms with Gasteiger partial charge in [0.2, 0.25) is 5.91 Å². The van der Waals surface area contributed by atoms with Gasteiger partial charge in [0.25, 0.3) is 0 Å². The Morgan fingerprint density at radius 1 is 1.18 bits per heavy atom. The predicted octanol–water partition coefficient (Wildman–Crippen LogP) is 3.35. The van der Waals surface area contributed by atoms with Crippen molar-refractivity contribution in [3.63, 3.8) is 0 Å². The van der Waals surface area contributed by atoms with Crippen LogP contribution in [-0.2, 0) is 22.3 Å². The summed E-state index contributed by atoms with van der Waals surface area (Å²) in [6.07, 6.45) is -4.48. The topological polar surface area (TPSA) is 54.5 Å². The molecule has 1 N–H and O–H groups in total. The van der Waals surface area contributed by atoms with Crippen LogP contribution < -0.4 is 10.2 Å². The number of rotatable bonds is 6. The summed E-state index contributed by atoms with van der Waals surface area (Å²) in [6.45, 7) is 2.23. The van der Waals surface area contributed by atoms with Crippen molar-refractivity contribution in [3.05, 3.63) is 53.6 Å². The fraction of sp³-hybridized carbons (Fsp3) is 0.368. The fourth-order valence-corrected chi connectivity index (χ4v) is 3.42. The van der Waals surface area contributed by atoms with Gasteiger partial charge in [0.1, 0.15) is 5.82 Å². The molecule has 2 heterocycles. The van der Waals surface area contributed by atoms with Crippen LogP contribution in [0, 0.1) is 0 Å². The van der Waals surface area contributed by atoms with E-state index in [0.29, 0.717) is 32.8 Å². The number of alkyl halides is 3. The van der Waals surface area contributed by atoms with Crippen LogP contribution in [0.5, 0.6) is 0 Å². The third kappa shape index (κ3) is 5.87. The van der Waals surface area contributed by atoms with Crippen molar-refractivity contribution in [2.75, 3.05) is 37.0 Å². The molecular formula is C19H20F3N3O2S. The third-order valence-electron chi connectivity index (χ3n) is 4.13. The van der Waals surface area contributed by atoms with E-state index in [-0.39, 0.29) is 22.5 Å². The molecule has 0 saturated carbocycles. The number of halogens is 3. The van der Waals surface area contributed by atoms with Crippen LogP contribution in [0.3, 0.4) is 0 Å². The molecule has 1 aliphatic heterocycles. The highest BCUT2D eigenvalue weighted by atomic mass is 32.2. The summed E-state index contributed by atoms with van der Waals surface area (Å²) in [6, 6.07) is 11.4. The van der Waals surface area contributed by atoms with Crippen molar-refractivity contribution < 1.29 is 22.7 Å². The van der Waals surface area contributed by atoms with Crippen LogP contribution in [0.15, 0.2) is 47.5 Å². The summed E-state index contributed by atoms with van der Waals surface area (Å²) < 4.78 is 45.0. The number of ether oxygens (including phenoxy) is 1. The van der Waals surface area contributed by atoms with E-state index in [0.717, 1.165) is 29.5 Å². The molecule has 0 atom stereocenters. The molecule has 0 spiro atoms. The fourth-order valence-electron chi connectivity index (χ4n) is 2.67. The van der Waals surface area contributed by atoms with Gasteiger partial charge in [0.15, 0.2) is 0 Å². The number of hydrogen-bond donors (Lipinski definition) is 1. The van der Waals surface area contributed by atoms with Gasteiger partial charge < -0.3 is 15.0 Å². The monoisotopic (exact) mass is 411 g/mol. The molecule has 1 saturated heterocycles. The molecule has 1 fully saturated rings. The van der Waals surface area contributed by atoms with E-state index in [4.69, 9.17) is 4.74 Å². The molecule has 2 aromatic rings. The Hall–Kier alpha value is -2.26. The van der Waals surface area contributed by atoms with Crippen LogP contribution in [-0.4, -0.2) is 42.9 Å². The number of thioether (sulfide) groups is 1. The minimum absolute atomic E-state index is 0.0102. The zero-order chi connectivity index (χ0) is 20.0. The third-order valence-corrected chi connectivity index (χ3v) is 5.05. The molecule has 1 aromatic carbocycles. The predicted molar refractivity (Wildman–Crippen MR) is 101 cm³/mol. The molecule has 1 aliphatic rings. The summed E-state index contributed by atoms with van der Waals surface area (Å²) in [7, 11) is 0. The zero-order valence-electron chi connectivity index (χ0n) is 15.0. The lowest BCUT2D eigenvalue weighted by molar-refractivity contribution is -0.137. The molecule has 1 amide bonds. The maximum absolute atomic E-state index is 13.3. The number of aromatic nitrogens is 1. The molecule has 0 radical (unpaired) electrons. The second-order valence-electron chi connectivity index (χ2n) is 6.20. The molecular weight excluding hydrogens is 391 g/mol. The van der Waals surface area contributed by atoms with Gasteiger partial charge in [0.05, 0.1) is 29.6 Å². The summed E-state index contributed by atoms with van der Waals surface area (Å²) >= 11 is 0.991. The van der Waals surface area contributed by atoms with Crippen molar-refractivity contribution in [2.45, 2.75) is 17.7 Å². The Morgan fingerprint density at radius 3 is 2.57 bits per heavy atom. The lowest BCUT2D eigenvalue weighted by atomic mass is 10.2. The lowest BCUT2D eigenvalue weighted by Crippen LogP contribution is -2.37. The van der Waals surface area contributed by atoms with Crippen LogP contribution >= 0.6 is 11.8 Å². The number of anilines is 1. The van der Waals surface area contributed by atoms with Gasteiger partial charge in [-0.25, -0.2) is 4.98 Å². The number of benzene rings is 1. The van der Waals surface area contributed by atoms with Crippen molar-refractivity contribution in [3.8, 4) is 0 Å². The van der Waals surface area contributed by atoms with E-state index >= 15 is 0 Å². The molecule has 150 valence electrons. The number of pyridine rings is 1. The van der Waals surface area contributed by atoms with E-state index in [2.05, 4.69) is 10.3 Å². The molecule has 0 unspecified atom stereocenters. The van der Waals surface area contributed by atoms with Gasteiger partial charge in [0, 0.05) is 19.6 Å². The first kappa shape index (κ1) is 20.5. The number of hydrogen-bond acceptors (Lipinski definition) is 5. The molecule has 5 nitrogen and oxygen atoms in total. The summed E-state index contributed by atoms with van der Waals surface area (Å²) in [4.78, 5) is 18.1. The van der Waals surface area contributed by atoms with Crippen LogP contribution in [0.2, 0.25) is 0 Å². The van der Waals surface area contributed by atoms with Gasteiger partial charge in [-0.15, -0.1) is 0 Å². The van der Waals surface area contributed by atoms with E-state index in [1.54, 1.807) is 4.90 Å². The number of nitrogens with zero attached hydrogens (tertiary/aromatic N) is 2. The molecule has 1 aromatic heterocycles. The second-order valence-corrected chi connectivity index (χ2v) is 7.20. The van der Waals surface area contributed by atoms with E-state index < -0.39 is 11.7 Å². The summed E-state index contributed by atoms with van der Waals surface area (Å²) in [5.41, 5.74) is 0.184. The van der Waals surface area contributed by atoms with Crippen molar-refractivity contribution in [1.29, 1.82) is 0 Å². The molecule has 3 rings (SSSR count). The first-order valence-corrected chi connectivity index (χ1v) is 9.76. The molecule has 28 heavy (non-hydrogen) atoms. The quantitative estimate of drug-likeness (QED) is 0.739. The minimum Gasteiger partial charge on any atom is -0.378 e. The average molecular weight is 411 g/mol. The van der Waals surface area contributed by atoms with Crippen LogP contribution in [0.25, 0.3) is 0 Å². The molecule has 0 bridgehead atoms. The van der Waals surface area contributed by atoms with Gasteiger partial charge >= 0.3 is 6.18 Å². The lowest BCUT2D eigenvalue weighted by Gasteiger charge is -2.28. The minimum atomic E-state index is -4.48. The van der Waals surface area contributed by atoms with Crippen LogP contribution in [0.1, 0.15) is 11.1 Å². The van der Waals surface area contributed by atoms with Gasteiger partial charge in [-0.05, 0) is 17.7 Å². The number of carbonyl (C=O) groups excluding carboxylic acids is 1. The highest BCUT2D eigenvalue weighted by molar-refractivity contribution is 7.99. The maximum atomic E-state index is 13.3. The second kappa shape index (κ2) is 9.29. The highest BCUT2D eigenvalue weighted by Gasteiger charge is 2.32. The Morgan fingerprint density at radius 2 is 1.89 bits per heavy atom. The van der Waals surface area contributed by atoms with Crippen molar-refractivity contribution in [1.82, 2.24) is 10.3 Å². The number of morpholine rings is 1. The first-order chi connectivity index (χ1) is 13.4. The first-order valence-electron chi connectivity index (χ1n) is 8.77. The number of amides is 1.